The van der Waals surface area contributed by atoms with Gasteiger partial charge in [0.1, 0.15) is 23.2 Å². The number of nitrogens with one attached hydrogen (secondary N) is 1. The zero-order valence-electron chi connectivity index (χ0n) is 20.6. The molecule has 37 heavy (non-hydrogen) atoms. The van der Waals surface area contributed by atoms with Gasteiger partial charge in [-0.05, 0) is 55.5 Å². The van der Waals surface area contributed by atoms with Crippen molar-refractivity contribution in [2.24, 2.45) is 0 Å². The van der Waals surface area contributed by atoms with E-state index in [4.69, 9.17) is 14.7 Å². The van der Waals surface area contributed by atoms with Crippen LogP contribution in [0.15, 0.2) is 77.7 Å². The largest absolute Gasteiger partial charge is 0.497 e. The quantitative estimate of drug-likeness (QED) is 0.381. The third-order valence-corrected chi connectivity index (χ3v) is 8.51. The number of fused-ring (bicyclic) bond motifs is 1. The molecule has 1 aromatic heterocycles. The van der Waals surface area contributed by atoms with E-state index in [9.17, 15) is 12.8 Å². The van der Waals surface area contributed by atoms with Crippen LogP contribution in [0.5, 0.6) is 5.75 Å². The van der Waals surface area contributed by atoms with E-state index >= 15 is 0 Å². The number of aromatic nitrogens is 2. The average Bonchev–Trinajstić information content (AvgIpc) is 2.93. The molecule has 3 aromatic carbocycles. The Hall–Kier alpha value is -3.60. The first kappa shape index (κ1) is 25.1. The highest BCUT2D eigenvalue weighted by Crippen LogP contribution is 2.29. The normalized spacial score (nSPS) is 16.0. The molecule has 4 aromatic rings. The maximum Gasteiger partial charge on any atom is 0.243 e. The Bertz CT molecular complexity index is 1510. The van der Waals surface area contributed by atoms with Crippen LogP contribution in [-0.4, -0.2) is 60.9 Å². The molecule has 192 valence electrons. The minimum Gasteiger partial charge on any atom is -0.497 e. The van der Waals surface area contributed by atoms with Gasteiger partial charge in [-0.15, -0.1) is 0 Å². The maximum atomic E-state index is 13.3. The number of anilines is 2. The summed E-state index contributed by atoms with van der Waals surface area (Å²) in [6.07, 6.45) is 0. The van der Waals surface area contributed by atoms with Crippen molar-refractivity contribution in [2.75, 3.05) is 38.6 Å². The summed E-state index contributed by atoms with van der Waals surface area (Å²) < 4.78 is 46.0. The number of methoxy groups -OCH3 is 1. The van der Waals surface area contributed by atoms with Crippen molar-refractivity contribution in [3.63, 3.8) is 0 Å². The molecule has 1 aliphatic rings. The van der Waals surface area contributed by atoms with Gasteiger partial charge >= 0.3 is 0 Å². The van der Waals surface area contributed by atoms with Gasteiger partial charge in [-0.3, -0.25) is 4.90 Å². The molecule has 2 heterocycles. The SMILES string of the molecule is COc1cccc(Nc2nc([C@@H](C)N3CCN(S(=O)(=O)c4ccc(F)cc4)CC3)nc3ccccc23)c1. The van der Waals surface area contributed by atoms with Crippen LogP contribution in [0.25, 0.3) is 10.9 Å². The van der Waals surface area contributed by atoms with Gasteiger partial charge in [-0.1, -0.05) is 18.2 Å². The lowest BCUT2D eigenvalue weighted by molar-refractivity contribution is 0.141. The second kappa shape index (κ2) is 10.4. The third kappa shape index (κ3) is 5.27. The number of halogens is 1. The molecule has 0 unspecified atom stereocenters. The van der Waals surface area contributed by atoms with E-state index in [0.29, 0.717) is 37.8 Å². The van der Waals surface area contributed by atoms with Gasteiger partial charge in [0.15, 0.2) is 0 Å². The second-order valence-electron chi connectivity index (χ2n) is 8.87. The summed E-state index contributed by atoms with van der Waals surface area (Å²) in [5, 5.41) is 4.30. The summed E-state index contributed by atoms with van der Waals surface area (Å²) in [4.78, 5) is 12.0. The number of piperazine rings is 1. The van der Waals surface area contributed by atoms with Crippen molar-refractivity contribution in [3.05, 3.63) is 84.4 Å². The molecule has 1 atom stereocenters. The number of sulfonamides is 1. The first-order valence-corrected chi connectivity index (χ1v) is 13.5. The lowest BCUT2D eigenvalue weighted by Gasteiger charge is -2.36. The van der Waals surface area contributed by atoms with Crippen molar-refractivity contribution in [1.29, 1.82) is 0 Å². The minimum absolute atomic E-state index is 0.0986. The molecule has 0 amide bonds. The standard InChI is InChI=1S/C27H28FN5O3S/c1-19(32-14-16-33(17-15-32)37(34,35)23-12-10-20(28)11-13-23)26-30-25-9-4-3-8-24(25)27(31-26)29-21-6-5-7-22(18-21)36-2/h3-13,18-19H,14-17H2,1-2H3,(H,29,30,31)/t19-/m1/s1. The zero-order valence-corrected chi connectivity index (χ0v) is 21.5. The minimum atomic E-state index is -3.68. The molecule has 0 bridgehead atoms. The van der Waals surface area contributed by atoms with Crippen LogP contribution in [0.2, 0.25) is 0 Å². The second-order valence-corrected chi connectivity index (χ2v) is 10.8. The average molecular weight is 522 g/mol. The van der Waals surface area contributed by atoms with Crippen LogP contribution >= 0.6 is 0 Å². The maximum absolute atomic E-state index is 13.3. The van der Waals surface area contributed by atoms with Crippen molar-refractivity contribution < 1.29 is 17.5 Å². The molecule has 0 spiro atoms. The molecule has 1 N–H and O–H groups in total. The van der Waals surface area contributed by atoms with E-state index in [0.717, 1.165) is 22.3 Å². The van der Waals surface area contributed by atoms with Gasteiger partial charge in [0.2, 0.25) is 10.0 Å². The molecule has 8 nitrogen and oxygen atoms in total. The highest BCUT2D eigenvalue weighted by Gasteiger charge is 2.31. The van der Waals surface area contributed by atoms with E-state index in [-0.39, 0.29) is 10.9 Å². The summed E-state index contributed by atoms with van der Waals surface area (Å²) in [5.74, 6) is 1.62. The van der Waals surface area contributed by atoms with Crippen molar-refractivity contribution in [1.82, 2.24) is 19.2 Å². The van der Waals surface area contributed by atoms with Gasteiger partial charge in [0.25, 0.3) is 0 Å². The van der Waals surface area contributed by atoms with E-state index in [1.165, 1.54) is 28.6 Å². The number of hydrogen-bond acceptors (Lipinski definition) is 7. The fourth-order valence-corrected chi connectivity index (χ4v) is 5.89. The molecule has 1 saturated heterocycles. The molecular formula is C27H28FN5O3S. The molecule has 1 fully saturated rings. The molecule has 1 aliphatic heterocycles. The number of ether oxygens (including phenoxy) is 1. The molecule has 5 rings (SSSR count). The van der Waals surface area contributed by atoms with Crippen LogP contribution in [-0.2, 0) is 10.0 Å². The third-order valence-electron chi connectivity index (χ3n) is 6.60. The Balaban J connectivity index is 1.36. The van der Waals surface area contributed by atoms with Crippen molar-refractivity contribution in [3.8, 4) is 5.75 Å². The molecule has 0 saturated carbocycles. The highest BCUT2D eigenvalue weighted by molar-refractivity contribution is 7.89. The molecule has 10 heteroatoms. The van der Waals surface area contributed by atoms with Gasteiger partial charge in [0, 0.05) is 43.3 Å². The smallest absolute Gasteiger partial charge is 0.243 e. The number of nitrogens with zero attached hydrogens (tertiary/aromatic N) is 4. The molecule has 0 radical (unpaired) electrons. The summed E-state index contributed by atoms with van der Waals surface area (Å²) >= 11 is 0. The monoisotopic (exact) mass is 521 g/mol. The van der Waals surface area contributed by atoms with Crippen molar-refractivity contribution in [2.45, 2.75) is 17.9 Å². The number of benzene rings is 3. The van der Waals surface area contributed by atoms with E-state index in [2.05, 4.69) is 10.2 Å². The van der Waals surface area contributed by atoms with Gasteiger partial charge in [-0.25, -0.2) is 22.8 Å². The topological polar surface area (TPSA) is 87.7 Å². The lowest BCUT2D eigenvalue weighted by Crippen LogP contribution is -2.49. The summed E-state index contributed by atoms with van der Waals surface area (Å²) in [6.45, 7) is 3.73. The Morgan fingerprint density at radius 3 is 2.41 bits per heavy atom. The van der Waals surface area contributed by atoms with Crippen LogP contribution < -0.4 is 10.1 Å². The Kier molecular flexibility index (Phi) is 7.05. The van der Waals surface area contributed by atoms with Crippen LogP contribution in [0.3, 0.4) is 0 Å². The summed E-state index contributed by atoms with van der Waals surface area (Å²) in [5.41, 5.74) is 1.67. The fourth-order valence-electron chi connectivity index (χ4n) is 4.46. The van der Waals surface area contributed by atoms with Gasteiger partial charge < -0.3 is 10.1 Å². The fraction of sp³-hybridized carbons (Fsp3) is 0.259. The van der Waals surface area contributed by atoms with Crippen LogP contribution in [0.4, 0.5) is 15.9 Å². The van der Waals surface area contributed by atoms with E-state index in [1.54, 1.807) is 7.11 Å². The zero-order chi connectivity index (χ0) is 26.0. The Morgan fingerprint density at radius 1 is 0.946 bits per heavy atom. The van der Waals surface area contributed by atoms with E-state index in [1.807, 2.05) is 55.5 Å². The van der Waals surface area contributed by atoms with E-state index < -0.39 is 15.8 Å². The number of para-hydroxylation sites is 1. The Morgan fingerprint density at radius 2 is 1.68 bits per heavy atom. The number of hydrogen-bond donors (Lipinski definition) is 1. The van der Waals surface area contributed by atoms with Crippen molar-refractivity contribution >= 4 is 32.4 Å². The molecular weight excluding hydrogens is 493 g/mol. The molecule has 0 aliphatic carbocycles. The van der Waals surface area contributed by atoms with Gasteiger partial charge in [0.05, 0.1) is 23.6 Å². The van der Waals surface area contributed by atoms with Crippen LogP contribution in [0, 0.1) is 5.82 Å². The predicted octanol–water partition coefficient (Wildman–Crippen LogP) is 4.59. The predicted molar refractivity (Wildman–Crippen MR) is 141 cm³/mol. The highest BCUT2D eigenvalue weighted by atomic mass is 32.2. The number of rotatable bonds is 7. The first-order chi connectivity index (χ1) is 17.8. The summed E-state index contributed by atoms with van der Waals surface area (Å²) in [7, 11) is -2.05. The van der Waals surface area contributed by atoms with Gasteiger partial charge in [-0.2, -0.15) is 4.31 Å². The lowest BCUT2D eigenvalue weighted by atomic mass is 10.2. The summed E-state index contributed by atoms with van der Waals surface area (Å²) in [6, 6.07) is 20.3. The van der Waals surface area contributed by atoms with Crippen LogP contribution in [0.1, 0.15) is 18.8 Å². The first-order valence-electron chi connectivity index (χ1n) is 12.0. The Labute approximate surface area is 215 Å².